The number of fused-ring (bicyclic) bond motifs is 1. The van der Waals surface area contributed by atoms with Crippen LogP contribution >= 0.6 is 0 Å². The van der Waals surface area contributed by atoms with E-state index in [1.54, 1.807) is 14.2 Å². The van der Waals surface area contributed by atoms with Gasteiger partial charge in [-0.3, -0.25) is 4.99 Å². The molecular formula is C20H32N4O2. The molecule has 26 heavy (non-hydrogen) atoms. The number of aryl methyl sites for hydroxylation is 1. The highest BCUT2D eigenvalue weighted by molar-refractivity contribution is 5.88. The molecule has 0 unspecified atom stereocenters. The molecular weight excluding hydrogens is 328 g/mol. The number of ether oxygens (including phenoxy) is 2. The fraction of sp³-hybridized carbons (Fsp3) is 0.550. The summed E-state index contributed by atoms with van der Waals surface area (Å²) in [6.07, 6.45) is 6.75. The molecule has 0 fully saturated rings. The van der Waals surface area contributed by atoms with Crippen molar-refractivity contribution in [2.75, 3.05) is 27.3 Å². The topological polar surface area (TPSA) is 84.7 Å². The number of nitrogens with zero attached hydrogens (tertiary/aromatic N) is 1. The molecule has 0 aliphatic rings. The Kier molecular flexibility index (Phi) is 8.12. The summed E-state index contributed by atoms with van der Waals surface area (Å²) >= 11 is 0. The minimum absolute atomic E-state index is 0.546. The summed E-state index contributed by atoms with van der Waals surface area (Å²) in [5.41, 5.74) is 8.08. The molecule has 6 nitrogen and oxygen atoms in total. The lowest BCUT2D eigenvalue weighted by atomic mass is 10.2. The van der Waals surface area contributed by atoms with Crippen molar-refractivity contribution in [1.82, 2.24) is 10.3 Å². The van der Waals surface area contributed by atoms with Crippen molar-refractivity contribution >= 4 is 16.9 Å². The first-order valence-corrected chi connectivity index (χ1v) is 9.45. The van der Waals surface area contributed by atoms with E-state index >= 15 is 0 Å². The Morgan fingerprint density at radius 1 is 1.12 bits per heavy atom. The number of nitrogens with one attached hydrogen (secondary N) is 2. The molecule has 0 radical (unpaired) electrons. The number of methoxy groups -OCH3 is 2. The van der Waals surface area contributed by atoms with Crippen LogP contribution in [-0.2, 0) is 6.42 Å². The maximum atomic E-state index is 5.90. The van der Waals surface area contributed by atoms with E-state index < -0.39 is 0 Å². The Morgan fingerprint density at radius 3 is 2.69 bits per heavy atom. The van der Waals surface area contributed by atoms with E-state index in [0.717, 1.165) is 53.9 Å². The molecule has 0 saturated heterocycles. The molecule has 0 atom stereocenters. The van der Waals surface area contributed by atoms with E-state index in [9.17, 15) is 0 Å². The van der Waals surface area contributed by atoms with E-state index in [2.05, 4.69) is 28.3 Å². The number of rotatable bonds is 11. The average Bonchev–Trinajstić information content (AvgIpc) is 3.07. The largest absolute Gasteiger partial charge is 0.497 e. The van der Waals surface area contributed by atoms with Gasteiger partial charge in [-0.2, -0.15) is 0 Å². The van der Waals surface area contributed by atoms with Crippen LogP contribution in [0.1, 0.15) is 44.7 Å². The fourth-order valence-electron chi connectivity index (χ4n) is 2.95. The number of nitrogens with two attached hydrogens (primary N) is 1. The number of aromatic nitrogens is 1. The van der Waals surface area contributed by atoms with Crippen LogP contribution in [0.3, 0.4) is 0 Å². The normalized spacial score (nSPS) is 11.7. The van der Waals surface area contributed by atoms with Gasteiger partial charge in [0.25, 0.3) is 0 Å². The predicted octanol–water partition coefficient (Wildman–Crippen LogP) is 3.60. The van der Waals surface area contributed by atoms with Crippen LogP contribution < -0.4 is 20.5 Å². The smallest absolute Gasteiger partial charge is 0.188 e. The van der Waals surface area contributed by atoms with Crippen LogP contribution in [-0.4, -0.2) is 38.3 Å². The van der Waals surface area contributed by atoms with Crippen molar-refractivity contribution in [2.45, 2.75) is 45.4 Å². The quantitative estimate of drug-likeness (QED) is 0.325. The number of guanidine groups is 1. The SMILES string of the molecule is CCCCCCNC(N)=NCCCc1cc2c(OC)cc(OC)cc2[nH]1. The van der Waals surface area contributed by atoms with Gasteiger partial charge in [-0.15, -0.1) is 0 Å². The first kappa shape index (κ1) is 19.9. The summed E-state index contributed by atoms with van der Waals surface area (Å²) in [5.74, 6) is 2.14. The van der Waals surface area contributed by atoms with Gasteiger partial charge in [-0.05, 0) is 25.3 Å². The molecule has 1 aromatic heterocycles. The van der Waals surface area contributed by atoms with Gasteiger partial charge in [0, 0.05) is 36.3 Å². The number of hydrogen-bond acceptors (Lipinski definition) is 3. The number of unbranched alkanes of at least 4 members (excludes halogenated alkanes) is 3. The number of aliphatic imine (C=N–C) groups is 1. The van der Waals surface area contributed by atoms with Gasteiger partial charge in [-0.1, -0.05) is 26.2 Å². The Labute approximate surface area is 156 Å². The van der Waals surface area contributed by atoms with E-state index in [1.807, 2.05) is 12.1 Å². The molecule has 4 N–H and O–H groups in total. The molecule has 2 rings (SSSR count). The monoisotopic (exact) mass is 360 g/mol. The van der Waals surface area contributed by atoms with E-state index in [0.29, 0.717) is 12.5 Å². The number of aromatic amines is 1. The highest BCUT2D eigenvalue weighted by atomic mass is 16.5. The third kappa shape index (κ3) is 5.86. The lowest BCUT2D eigenvalue weighted by molar-refractivity contribution is 0.398. The lowest BCUT2D eigenvalue weighted by Crippen LogP contribution is -2.32. The van der Waals surface area contributed by atoms with Gasteiger partial charge < -0.3 is 25.5 Å². The van der Waals surface area contributed by atoms with Crippen LogP contribution in [0, 0.1) is 0 Å². The lowest BCUT2D eigenvalue weighted by Gasteiger charge is -2.05. The van der Waals surface area contributed by atoms with Crippen LogP contribution in [0.2, 0.25) is 0 Å². The Bertz CT molecular complexity index is 709. The third-order valence-electron chi connectivity index (χ3n) is 4.41. The van der Waals surface area contributed by atoms with Crippen LogP contribution in [0.4, 0.5) is 0 Å². The van der Waals surface area contributed by atoms with Crippen molar-refractivity contribution in [3.63, 3.8) is 0 Å². The Balaban J connectivity index is 1.81. The van der Waals surface area contributed by atoms with E-state index in [4.69, 9.17) is 15.2 Å². The molecule has 6 heteroatoms. The maximum Gasteiger partial charge on any atom is 0.188 e. The summed E-state index contributed by atoms with van der Waals surface area (Å²) in [5, 5.41) is 4.25. The first-order valence-electron chi connectivity index (χ1n) is 9.45. The third-order valence-corrected chi connectivity index (χ3v) is 4.41. The zero-order valence-electron chi connectivity index (χ0n) is 16.2. The van der Waals surface area contributed by atoms with Crippen molar-refractivity contribution < 1.29 is 9.47 Å². The number of H-pyrrole nitrogens is 1. The highest BCUT2D eigenvalue weighted by Gasteiger charge is 2.09. The van der Waals surface area contributed by atoms with Gasteiger partial charge in [0.2, 0.25) is 0 Å². The van der Waals surface area contributed by atoms with Crippen LogP contribution in [0.5, 0.6) is 11.5 Å². The van der Waals surface area contributed by atoms with Gasteiger partial charge >= 0.3 is 0 Å². The summed E-state index contributed by atoms with van der Waals surface area (Å²) in [7, 11) is 3.33. The number of hydrogen-bond donors (Lipinski definition) is 3. The van der Waals surface area contributed by atoms with Crippen molar-refractivity contribution in [3.05, 3.63) is 23.9 Å². The van der Waals surface area contributed by atoms with Crippen LogP contribution in [0.25, 0.3) is 10.9 Å². The Morgan fingerprint density at radius 2 is 1.96 bits per heavy atom. The number of benzene rings is 1. The zero-order chi connectivity index (χ0) is 18.8. The molecule has 0 saturated carbocycles. The minimum Gasteiger partial charge on any atom is -0.497 e. The molecule has 144 valence electrons. The van der Waals surface area contributed by atoms with Crippen LogP contribution in [0.15, 0.2) is 23.2 Å². The summed E-state index contributed by atoms with van der Waals surface area (Å²) < 4.78 is 10.8. The van der Waals surface area contributed by atoms with Gasteiger partial charge in [0.15, 0.2) is 5.96 Å². The second kappa shape index (κ2) is 10.6. The second-order valence-corrected chi connectivity index (χ2v) is 6.44. The van der Waals surface area contributed by atoms with Crippen molar-refractivity contribution in [1.29, 1.82) is 0 Å². The molecule has 1 heterocycles. The first-order chi connectivity index (χ1) is 12.7. The maximum absolute atomic E-state index is 5.90. The summed E-state index contributed by atoms with van der Waals surface area (Å²) in [4.78, 5) is 7.83. The average molecular weight is 361 g/mol. The van der Waals surface area contributed by atoms with Gasteiger partial charge in [0.1, 0.15) is 11.5 Å². The molecule has 0 amide bonds. The minimum atomic E-state index is 0.546. The molecule has 0 bridgehead atoms. The molecule has 0 aliphatic carbocycles. The van der Waals surface area contributed by atoms with E-state index in [-0.39, 0.29) is 0 Å². The van der Waals surface area contributed by atoms with Gasteiger partial charge in [0.05, 0.1) is 19.7 Å². The standard InChI is InChI=1S/C20H32N4O2/c1-4-5-6-7-10-22-20(21)23-11-8-9-15-12-17-18(24-15)13-16(25-2)14-19(17)26-3/h12-14,24H,4-11H2,1-3H3,(H3,21,22,23). The summed E-state index contributed by atoms with van der Waals surface area (Å²) in [6, 6.07) is 6.02. The zero-order valence-corrected chi connectivity index (χ0v) is 16.2. The molecule has 2 aromatic rings. The Hall–Kier alpha value is -2.37. The molecule has 1 aromatic carbocycles. The highest BCUT2D eigenvalue weighted by Crippen LogP contribution is 2.31. The van der Waals surface area contributed by atoms with E-state index in [1.165, 1.54) is 19.3 Å². The second-order valence-electron chi connectivity index (χ2n) is 6.44. The molecule has 0 aliphatic heterocycles. The van der Waals surface area contributed by atoms with Crippen molar-refractivity contribution in [3.8, 4) is 11.5 Å². The van der Waals surface area contributed by atoms with Crippen molar-refractivity contribution in [2.24, 2.45) is 10.7 Å². The predicted molar refractivity (Wildman–Crippen MR) is 108 cm³/mol. The summed E-state index contributed by atoms with van der Waals surface area (Å²) in [6.45, 7) is 3.82. The van der Waals surface area contributed by atoms with Gasteiger partial charge in [-0.25, -0.2) is 0 Å². The fourth-order valence-corrected chi connectivity index (χ4v) is 2.95. The molecule has 0 spiro atoms.